The molecule has 2 aromatic rings. The zero-order chi connectivity index (χ0) is 23.5. The minimum atomic E-state index is -3.65. The van der Waals surface area contributed by atoms with E-state index in [0.717, 1.165) is 0 Å². The summed E-state index contributed by atoms with van der Waals surface area (Å²) in [7, 11) is -3.65. The monoisotopic (exact) mass is 460 g/mol. The van der Waals surface area contributed by atoms with E-state index < -0.39 is 40.1 Å². The minimum Gasteiger partial charge on any atom is -0.450 e. The Kier molecular flexibility index (Phi) is 6.95. The molecule has 1 amide bonds. The largest absolute Gasteiger partial charge is 0.450 e. The molecular formula is C22H24N2O7S. The van der Waals surface area contributed by atoms with Crippen molar-refractivity contribution in [2.45, 2.75) is 50.3 Å². The van der Waals surface area contributed by atoms with E-state index in [1.54, 1.807) is 38.1 Å². The van der Waals surface area contributed by atoms with E-state index in [-0.39, 0.29) is 17.4 Å². The molecule has 0 aliphatic carbocycles. The van der Waals surface area contributed by atoms with Crippen molar-refractivity contribution in [3.63, 3.8) is 0 Å². The first kappa shape index (κ1) is 23.4. The zero-order valence-corrected chi connectivity index (χ0v) is 18.6. The number of carbonyl (C=O) groups excluding carboxylic acids is 3. The van der Waals surface area contributed by atoms with Crippen molar-refractivity contribution < 1.29 is 32.3 Å². The van der Waals surface area contributed by atoms with Crippen LogP contribution in [0.3, 0.4) is 0 Å². The van der Waals surface area contributed by atoms with Crippen LogP contribution in [0.5, 0.6) is 0 Å². The Labute approximate surface area is 186 Å². The number of rotatable bonds is 7. The lowest BCUT2D eigenvalue weighted by molar-refractivity contribution is -0.162. The first-order valence-corrected chi connectivity index (χ1v) is 11.5. The fourth-order valence-electron chi connectivity index (χ4n) is 3.11. The van der Waals surface area contributed by atoms with E-state index in [4.69, 9.17) is 9.47 Å². The Morgan fingerprint density at radius 2 is 1.72 bits per heavy atom. The normalized spacial score (nSPS) is 16.6. The molecule has 0 spiro atoms. The van der Waals surface area contributed by atoms with E-state index in [1.807, 2.05) is 0 Å². The molecule has 2 atom stereocenters. The number of anilines is 1. The molecule has 0 bridgehead atoms. The Bertz CT molecular complexity index is 1130. The number of carbonyl (C=O) groups is 3. The van der Waals surface area contributed by atoms with Crippen LogP contribution in [0.2, 0.25) is 0 Å². The van der Waals surface area contributed by atoms with Crippen LogP contribution >= 0.6 is 0 Å². The van der Waals surface area contributed by atoms with E-state index in [0.29, 0.717) is 16.8 Å². The highest BCUT2D eigenvalue weighted by Crippen LogP contribution is 2.22. The van der Waals surface area contributed by atoms with E-state index in [9.17, 15) is 22.8 Å². The number of amides is 1. The van der Waals surface area contributed by atoms with Crippen molar-refractivity contribution in [2.75, 3.05) is 5.32 Å². The van der Waals surface area contributed by atoms with Crippen LogP contribution in [0.25, 0.3) is 0 Å². The quantitative estimate of drug-likeness (QED) is 0.605. The summed E-state index contributed by atoms with van der Waals surface area (Å²) in [5.74, 6) is -2.05. The van der Waals surface area contributed by atoms with Crippen LogP contribution in [0.15, 0.2) is 53.4 Å². The summed E-state index contributed by atoms with van der Waals surface area (Å²) >= 11 is 0. The minimum absolute atomic E-state index is 0.0584. The van der Waals surface area contributed by atoms with Crippen LogP contribution in [-0.4, -0.2) is 44.5 Å². The van der Waals surface area contributed by atoms with Crippen LogP contribution in [0, 0.1) is 0 Å². The average Bonchev–Trinajstić information content (AvgIpc) is 2.73. The summed E-state index contributed by atoms with van der Waals surface area (Å²) in [4.78, 5) is 36.9. The van der Waals surface area contributed by atoms with Gasteiger partial charge in [0.2, 0.25) is 16.1 Å². The van der Waals surface area contributed by atoms with Crippen LogP contribution < -0.4 is 10.0 Å². The van der Waals surface area contributed by atoms with Gasteiger partial charge in [0, 0.05) is 18.2 Å². The molecule has 10 heteroatoms. The molecule has 1 aliphatic heterocycles. The molecule has 0 fully saturated rings. The number of cyclic esters (lactones) is 1. The highest BCUT2D eigenvalue weighted by atomic mass is 32.2. The van der Waals surface area contributed by atoms with Gasteiger partial charge in [0.05, 0.1) is 10.5 Å². The second-order valence-electron chi connectivity index (χ2n) is 7.62. The van der Waals surface area contributed by atoms with Gasteiger partial charge < -0.3 is 14.8 Å². The van der Waals surface area contributed by atoms with Gasteiger partial charge in [0.1, 0.15) is 0 Å². The molecule has 3 rings (SSSR count). The molecular weight excluding hydrogens is 436 g/mol. The second-order valence-corrected chi connectivity index (χ2v) is 9.34. The summed E-state index contributed by atoms with van der Waals surface area (Å²) in [6.07, 6.45) is -2.13. The van der Waals surface area contributed by atoms with Crippen LogP contribution in [0.4, 0.5) is 5.69 Å². The number of hydrogen-bond acceptors (Lipinski definition) is 7. The van der Waals surface area contributed by atoms with Crippen molar-refractivity contribution in [2.24, 2.45) is 0 Å². The summed E-state index contributed by atoms with van der Waals surface area (Å²) in [6, 6.07) is 12.1. The Hall–Kier alpha value is -3.24. The van der Waals surface area contributed by atoms with Gasteiger partial charge in [-0.05, 0) is 56.7 Å². The summed E-state index contributed by atoms with van der Waals surface area (Å²) < 4.78 is 37.1. The fourth-order valence-corrected chi connectivity index (χ4v) is 4.36. The fraction of sp³-hybridized carbons (Fsp3) is 0.318. The Morgan fingerprint density at radius 1 is 1.06 bits per heavy atom. The lowest BCUT2D eigenvalue weighted by Gasteiger charge is -2.24. The summed E-state index contributed by atoms with van der Waals surface area (Å²) in [5, 5.41) is 2.55. The molecule has 0 unspecified atom stereocenters. The number of nitrogens with one attached hydrogen (secondary N) is 2. The third-order valence-electron chi connectivity index (χ3n) is 4.64. The number of esters is 2. The molecule has 9 nitrogen and oxygen atoms in total. The van der Waals surface area contributed by atoms with Gasteiger partial charge in [-0.2, -0.15) is 0 Å². The first-order chi connectivity index (χ1) is 15.1. The second kappa shape index (κ2) is 9.49. The standard InChI is InChI=1S/C22H24N2O7S/c1-13(2)24-32(28,29)17-10-8-16(9-11-17)23-20(25)14(3)30-22(27)19-12-15-6-4-5-7-18(15)21(26)31-19/h4-11,13-14,19,24H,12H2,1-3H3,(H,23,25)/t14-,19+/m1/s1. The number of benzene rings is 2. The van der Waals surface area contributed by atoms with E-state index in [2.05, 4.69) is 10.0 Å². The van der Waals surface area contributed by atoms with Gasteiger partial charge >= 0.3 is 11.9 Å². The molecule has 1 heterocycles. The van der Waals surface area contributed by atoms with E-state index in [1.165, 1.54) is 31.2 Å². The maximum Gasteiger partial charge on any atom is 0.348 e. The topological polar surface area (TPSA) is 128 Å². The highest BCUT2D eigenvalue weighted by Gasteiger charge is 2.34. The molecule has 0 aromatic heterocycles. The molecule has 170 valence electrons. The van der Waals surface area contributed by atoms with Gasteiger partial charge in [-0.15, -0.1) is 0 Å². The molecule has 0 saturated carbocycles. The van der Waals surface area contributed by atoms with Crippen molar-refractivity contribution in [3.8, 4) is 0 Å². The predicted molar refractivity (Wildman–Crippen MR) is 115 cm³/mol. The number of sulfonamides is 1. The van der Waals surface area contributed by atoms with Crippen molar-refractivity contribution in [1.82, 2.24) is 4.72 Å². The van der Waals surface area contributed by atoms with Crippen molar-refractivity contribution in [3.05, 3.63) is 59.7 Å². The summed E-state index contributed by atoms with van der Waals surface area (Å²) in [5.41, 5.74) is 1.40. The molecule has 0 saturated heterocycles. The molecule has 32 heavy (non-hydrogen) atoms. The third-order valence-corrected chi connectivity index (χ3v) is 6.31. The number of hydrogen-bond donors (Lipinski definition) is 2. The average molecular weight is 461 g/mol. The predicted octanol–water partition coefficient (Wildman–Crippen LogP) is 2.03. The smallest absolute Gasteiger partial charge is 0.348 e. The molecule has 0 radical (unpaired) electrons. The lowest BCUT2D eigenvalue weighted by atomic mass is 9.99. The van der Waals surface area contributed by atoms with Crippen LogP contribution in [0.1, 0.15) is 36.7 Å². The molecule has 1 aliphatic rings. The number of fused-ring (bicyclic) bond motifs is 1. The Balaban J connectivity index is 1.58. The SMILES string of the molecule is CC(C)NS(=O)(=O)c1ccc(NC(=O)[C@@H](C)OC(=O)[C@@H]2Cc3ccccc3C(=O)O2)cc1. The summed E-state index contributed by atoms with van der Waals surface area (Å²) in [6.45, 7) is 4.81. The lowest BCUT2D eigenvalue weighted by Crippen LogP contribution is -2.39. The first-order valence-electron chi connectivity index (χ1n) is 9.99. The van der Waals surface area contributed by atoms with E-state index >= 15 is 0 Å². The molecule has 2 aromatic carbocycles. The third kappa shape index (κ3) is 5.51. The number of ether oxygens (including phenoxy) is 2. The molecule has 2 N–H and O–H groups in total. The van der Waals surface area contributed by atoms with Gasteiger partial charge in [-0.25, -0.2) is 22.7 Å². The van der Waals surface area contributed by atoms with Crippen molar-refractivity contribution >= 4 is 33.6 Å². The Morgan fingerprint density at radius 3 is 2.38 bits per heavy atom. The maximum atomic E-state index is 12.4. The maximum absolute atomic E-state index is 12.4. The van der Waals surface area contributed by atoms with Gasteiger partial charge in [-0.3, -0.25) is 4.79 Å². The highest BCUT2D eigenvalue weighted by molar-refractivity contribution is 7.89. The van der Waals surface area contributed by atoms with Gasteiger partial charge in [0.25, 0.3) is 5.91 Å². The van der Waals surface area contributed by atoms with Gasteiger partial charge in [0.15, 0.2) is 6.10 Å². The van der Waals surface area contributed by atoms with Gasteiger partial charge in [-0.1, -0.05) is 18.2 Å². The van der Waals surface area contributed by atoms with Crippen LogP contribution in [-0.2, 0) is 35.5 Å². The zero-order valence-electron chi connectivity index (χ0n) is 17.8. The van der Waals surface area contributed by atoms with Crippen molar-refractivity contribution in [1.29, 1.82) is 0 Å².